The number of ether oxygens (including phenoxy) is 1. The molecule has 2 aromatic rings. The second kappa shape index (κ2) is 7.61. The first-order valence-electron chi connectivity index (χ1n) is 8.85. The Balaban J connectivity index is 1.96. The standard InChI is InChI=1S/C19H25N3O3S/c1-11(2)9-25-14-7-5-13(6-8-14)17-16-18(20-15(23)10-26-17)22(12(3)4)21-19(16)24/h5-8,11-12,17H,9-10H2,1-4H3,(H,20,23)(H,21,24)/t17-/m1/s1. The van der Waals surface area contributed by atoms with Crippen LogP contribution in [0, 0.1) is 5.92 Å². The number of thioether (sulfide) groups is 1. The highest BCUT2D eigenvalue weighted by molar-refractivity contribution is 8.00. The molecule has 2 heterocycles. The molecule has 7 heteroatoms. The predicted octanol–water partition coefficient (Wildman–Crippen LogP) is 3.57. The molecule has 0 saturated heterocycles. The van der Waals surface area contributed by atoms with Gasteiger partial charge in [-0.2, -0.15) is 0 Å². The summed E-state index contributed by atoms with van der Waals surface area (Å²) in [6, 6.07) is 7.83. The van der Waals surface area contributed by atoms with E-state index in [1.165, 1.54) is 11.8 Å². The summed E-state index contributed by atoms with van der Waals surface area (Å²) in [5.41, 5.74) is 1.43. The number of rotatable bonds is 5. The summed E-state index contributed by atoms with van der Waals surface area (Å²) in [7, 11) is 0. The zero-order valence-electron chi connectivity index (χ0n) is 15.5. The number of fused-ring (bicyclic) bond motifs is 1. The molecule has 3 rings (SSSR count). The molecule has 0 saturated carbocycles. The Morgan fingerprint density at radius 1 is 1.19 bits per heavy atom. The van der Waals surface area contributed by atoms with Gasteiger partial charge in [-0.05, 0) is 37.5 Å². The fraction of sp³-hybridized carbons (Fsp3) is 0.474. The minimum absolute atomic E-state index is 0.0438. The third-order valence-electron chi connectivity index (χ3n) is 4.15. The van der Waals surface area contributed by atoms with Gasteiger partial charge >= 0.3 is 0 Å². The summed E-state index contributed by atoms with van der Waals surface area (Å²) in [5, 5.41) is 5.54. The average molecular weight is 375 g/mol. The van der Waals surface area contributed by atoms with Gasteiger partial charge in [0.2, 0.25) is 5.91 Å². The molecule has 0 bridgehead atoms. The van der Waals surface area contributed by atoms with Crippen molar-refractivity contribution in [3.63, 3.8) is 0 Å². The Bertz CT molecular complexity index is 837. The molecule has 0 radical (unpaired) electrons. The highest BCUT2D eigenvalue weighted by Gasteiger charge is 2.30. The maximum absolute atomic E-state index is 12.6. The van der Waals surface area contributed by atoms with E-state index in [4.69, 9.17) is 4.74 Å². The Morgan fingerprint density at radius 3 is 2.50 bits per heavy atom. The molecule has 26 heavy (non-hydrogen) atoms. The van der Waals surface area contributed by atoms with Crippen molar-refractivity contribution >= 4 is 23.5 Å². The van der Waals surface area contributed by atoms with Crippen molar-refractivity contribution in [1.82, 2.24) is 9.78 Å². The molecule has 1 aliphatic heterocycles. The number of benzene rings is 1. The third-order valence-corrected chi connectivity index (χ3v) is 5.42. The van der Waals surface area contributed by atoms with Crippen LogP contribution in [0.4, 0.5) is 5.82 Å². The van der Waals surface area contributed by atoms with E-state index in [1.54, 1.807) is 4.68 Å². The van der Waals surface area contributed by atoms with Crippen LogP contribution in [0.25, 0.3) is 0 Å². The molecular weight excluding hydrogens is 350 g/mol. The molecular formula is C19H25N3O3S. The number of nitrogens with one attached hydrogen (secondary N) is 2. The first-order valence-corrected chi connectivity index (χ1v) is 9.90. The van der Waals surface area contributed by atoms with E-state index >= 15 is 0 Å². The SMILES string of the molecule is CC(C)COc1ccc([C@H]2SCC(=O)Nc3c2c(=O)[nH]n3C(C)C)cc1. The topological polar surface area (TPSA) is 76.1 Å². The van der Waals surface area contributed by atoms with E-state index in [-0.39, 0.29) is 22.8 Å². The fourth-order valence-corrected chi connectivity index (χ4v) is 4.02. The smallest absolute Gasteiger partial charge is 0.270 e. The average Bonchev–Trinajstić information content (AvgIpc) is 2.80. The summed E-state index contributed by atoms with van der Waals surface area (Å²) >= 11 is 1.47. The number of anilines is 1. The predicted molar refractivity (Wildman–Crippen MR) is 105 cm³/mol. The van der Waals surface area contributed by atoms with Gasteiger partial charge in [-0.15, -0.1) is 11.8 Å². The maximum atomic E-state index is 12.6. The van der Waals surface area contributed by atoms with Crippen LogP contribution in [0.2, 0.25) is 0 Å². The fourth-order valence-electron chi connectivity index (χ4n) is 2.90. The molecule has 2 N–H and O–H groups in total. The molecule has 1 aromatic carbocycles. The number of hydrogen-bond acceptors (Lipinski definition) is 4. The normalized spacial score (nSPS) is 17.2. The molecule has 1 amide bonds. The van der Waals surface area contributed by atoms with Gasteiger partial charge in [0, 0.05) is 6.04 Å². The highest BCUT2D eigenvalue weighted by Crippen LogP contribution is 2.40. The van der Waals surface area contributed by atoms with Crippen molar-refractivity contribution in [2.45, 2.75) is 39.0 Å². The Hall–Kier alpha value is -2.15. The van der Waals surface area contributed by atoms with Crippen molar-refractivity contribution in [1.29, 1.82) is 0 Å². The second-order valence-electron chi connectivity index (χ2n) is 7.18. The number of carbonyl (C=O) groups excluding carboxylic acids is 1. The van der Waals surface area contributed by atoms with Crippen LogP contribution >= 0.6 is 11.8 Å². The van der Waals surface area contributed by atoms with Gasteiger partial charge in [-0.1, -0.05) is 26.0 Å². The largest absolute Gasteiger partial charge is 0.493 e. The molecule has 1 aliphatic rings. The highest BCUT2D eigenvalue weighted by atomic mass is 32.2. The Labute approximate surface area is 157 Å². The van der Waals surface area contributed by atoms with Gasteiger partial charge < -0.3 is 10.1 Å². The monoisotopic (exact) mass is 375 g/mol. The summed E-state index contributed by atoms with van der Waals surface area (Å²) in [4.78, 5) is 24.7. The Kier molecular flexibility index (Phi) is 5.46. The number of aromatic amines is 1. The van der Waals surface area contributed by atoms with Crippen molar-refractivity contribution < 1.29 is 9.53 Å². The maximum Gasteiger partial charge on any atom is 0.270 e. The van der Waals surface area contributed by atoms with E-state index in [2.05, 4.69) is 24.3 Å². The lowest BCUT2D eigenvalue weighted by Crippen LogP contribution is -2.17. The number of nitrogens with zero attached hydrogens (tertiary/aromatic N) is 1. The van der Waals surface area contributed by atoms with Crippen molar-refractivity contribution in [3.05, 3.63) is 45.7 Å². The van der Waals surface area contributed by atoms with Crippen LogP contribution in [-0.2, 0) is 4.79 Å². The van der Waals surface area contributed by atoms with E-state index in [0.717, 1.165) is 11.3 Å². The van der Waals surface area contributed by atoms with Crippen LogP contribution in [0.1, 0.15) is 50.1 Å². The van der Waals surface area contributed by atoms with Crippen LogP contribution < -0.4 is 15.6 Å². The van der Waals surface area contributed by atoms with Crippen LogP contribution in [0.15, 0.2) is 29.1 Å². The van der Waals surface area contributed by atoms with Crippen LogP contribution in [0.3, 0.4) is 0 Å². The molecule has 0 fully saturated rings. The van der Waals surface area contributed by atoms with Crippen molar-refractivity contribution in [2.24, 2.45) is 5.92 Å². The van der Waals surface area contributed by atoms with Gasteiger partial charge in [0.15, 0.2) is 0 Å². The molecule has 1 aromatic heterocycles. The zero-order valence-corrected chi connectivity index (χ0v) is 16.4. The lowest BCUT2D eigenvalue weighted by molar-refractivity contribution is -0.113. The van der Waals surface area contributed by atoms with E-state index in [9.17, 15) is 9.59 Å². The number of amides is 1. The minimum Gasteiger partial charge on any atom is -0.493 e. The molecule has 0 spiro atoms. The molecule has 6 nitrogen and oxygen atoms in total. The second-order valence-corrected chi connectivity index (χ2v) is 8.27. The van der Waals surface area contributed by atoms with Crippen LogP contribution in [-0.4, -0.2) is 28.0 Å². The Morgan fingerprint density at radius 2 is 1.88 bits per heavy atom. The molecule has 140 valence electrons. The van der Waals surface area contributed by atoms with Crippen molar-refractivity contribution in [2.75, 3.05) is 17.7 Å². The number of aromatic nitrogens is 2. The third kappa shape index (κ3) is 3.82. The minimum atomic E-state index is -0.202. The number of carbonyl (C=O) groups is 1. The van der Waals surface area contributed by atoms with Crippen molar-refractivity contribution in [3.8, 4) is 5.75 Å². The molecule has 0 aliphatic carbocycles. The molecule has 0 unspecified atom stereocenters. The van der Waals surface area contributed by atoms with E-state index in [0.29, 0.717) is 29.7 Å². The zero-order chi connectivity index (χ0) is 18.8. The summed E-state index contributed by atoms with van der Waals surface area (Å²) < 4.78 is 7.47. The summed E-state index contributed by atoms with van der Waals surface area (Å²) in [5.74, 6) is 2.06. The van der Waals surface area contributed by atoms with Gasteiger partial charge in [-0.25, -0.2) is 0 Å². The lowest BCUT2D eigenvalue weighted by Gasteiger charge is -2.16. The summed E-state index contributed by atoms with van der Waals surface area (Å²) in [6.45, 7) is 8.81. The van der Waals surface area contributed by atoms with Crippen LogP contribution in [0.5, 0.6) is 5.75 Å². The van der Waals surface area contributed by atoms with Gasteiger partial charge in [0.05, 0.1) is 23.2 Å². The first kappa shape index (κ1) is 18.6. The first-order chi connectivity index (χ1) is 12.4. The van der Waals surface area contributed by atoms with Gasteiger partial charge in [0.25, 0.3) is 5.56 Å². The van der Waals surface area contributed by atoms with Gasteiger partial charge in [-0.3, -0.25) is 19.4 Å². The van der Waals surface area contributed by atoms with E-state index < -0.39 is 0 Å². The summed E-state index contributed by atoms with van der Waals surface area (Å²) in [6.07, 6.45) is 0. The number of H-pyrrole nitrogens is 1. The van der Waals surface area contributed by atoms with E-state index in [1.807, 2.05) is 38.1 Å². The van der Waals surface area contributed by atoms with Gasteiger partial charge in [0.1, 0.15) is 11.6 Å². The number of hydrogen-bond donors (Lipinski definition) is 2. The quantitative estimate of drug-likeness (QED) is 0.838. The lowest BCUT2D eigenvalue weighted by atomic mass is 10.1. The molecule has 1 atom stereocenters.